The van der Waals surface area contributed by atoms with E-state index in [-0.39, 0.29) is 17.3 Å². The third kappa shape index (κ3) is 7.96. The van der Waals surface area contributed by atoms with Crippen LogP contribution in [0.2, 0.25) is 0 Å². The molecule has 33 heavy (non-hydrogen) atoms. The van der Waals surface area contributed by atoms with Crippen LogP contribution in [0.1, 0.15) is 46.5 Å². The summed E-state index contributed by atoms with van der Waals surface area (Å²) in [5, 5.41) is 2.94. The van der Waals surface area contributed by atoms with Crippen LogP contribution >= 0.6 is 11.8 Å². The molecule has 0 aromatic heterocycles. The smallest absolute Gasteiger partial charge is 0.264 e. The first-order valence-corrected chi connectivity index (χ1v) is 14.2. The molecule has 0 aliphatic carbocycles. The summed E-state index contributed by atoms with van der Waals surface area (Å²) in [4.78, 5) is 13.9. The molecule has 1 amide bonds. The molecule has 8 heteroatoms. The SMILES string of the molecule is CCCC[C@H](CC)CNC(=O)CN(c1ccc(OCC)cc1)S(=O)(=O)c1ccc(SC)cc1. The fourth-order valence-electron chi connectivity index (χ4n) is 3.45. The molecular formula is C25H36N2O4S2. The fourth-order valence-corrected chi connectivity index (χ4v) is 5.28. The highest BCUT2D eigenvalue weighted by molar-refractivity contribution is 7.98. The number of nitrogens with one attached hydrogen (secondary N) is 1. The number of rotatable bonds is 14. The van der Waals surface area contributed by atoms with Gasteiger partial charge in [0.05, 0.1) is 17.2 Å². The lowest BCUT2D eigenvalue weighted by Gasteiger charge is -2.25. The van der Waals surface area contributed by atoms with Gasteiger partial charge < -0.3 is 10.1 Å². The average Bonchev–Trinajstić information content (AvgIpc) is 2.83. The summed E-state index contributed by atoms with van der Waals surface area (Å²) in [6, 6.07) is 13.5. The third-order valence-electron chi connectivity index (χ3n) is 5.50. The van der Waals surface area contributed by atoms with Crippen molar-refractivity contribution in [3.8, 4) is 5.75 Å². The number of hydrogen-bond acceptors (Lipinski definition) is 5. The van der Waals surface area contributed by atoms with E-state index in [2.05, 4.69) is 19.2 Å². The van der Waals surface area contributed by atoms with Crippen LogP contribution in [0.4, 0.5) is 5.69 Å². The molecule has 0 saturated carbocycles. The van der Waals surface area contributed by atoms with Gasteiger partial charge in [0.25, 0.3) is 10.0 Å². The van der Waals surface area contributed by atoms with Crippen LogP contribution in [0.3, 0.4) is 0 Å². The molecule has 182 valence electrons. The Bertz CT molecular complexity index is 961. The van der Waals surface area contributed by atoms with Crippen molar-refractivity contribution in [2.45, 2.75) is 56.2 Å². The Hall–Kier alpha value is -2.19. The van der Waals surface area contributed by atoms with E-state index in [1.807, 2.05) is 13.2 Å². The number of benzene rings is 2. The molecule has 0 radical (unpaired) electrons. The maximum atomic E-state index is 13.5. The van der Waals surface area contributed by atoms with Crippen LogP contribution in [-0.2, 0) is 14.8 Å². The first-order valence-electron chi connectivity index (χ1n) is 11.5. The minimum atomic E-state index is -3.94. The van der Waals surface area contributed by atoms with E-state index in [1.165, 1.54) is 4.31 Å². The molecule has 0 spiro atoms. The standard InChI is InChI=1S/C25H36N2O4S2/c1-5-8-9-20(6-2)18-26-25(28)19-27(21-10-12-22(13-11-21)31-7-3)33(29,30)24-16-14-23(32-4)15-17-24/h10-17,20H,5-9,18-19H2,1-4H3,(H,26,28)/t20-/m0/s1. The molecule has 6 nitrogen and oxygen atoms in total. The van der Waals surface area contributed by atoms with Gasteiger partial charge in [-0.15, -0.1) is 11.8 Å². The van der Waals surface area contributed by atoms with Gasteiger partial charge in [-0.25, -0.2) is 8.42 Å². The summed E-state index contributed by atoms with van der Waals surface area (Å²) in [6.07, 6.45) is 6.19. The summed E-state index contributed by atoms with van der Waals surface area (Å²) >= 11 is 1.54. The number of ether oxygens (including phenoxy) is 1. The Morgan fingerprint density at radius 3 is 2.27 bits per heavy atom. The predicted octanol–water partition coefficient (Wildman–Crippen LogP) is 5.34. The zero-order valence-corrected chi connectivity index (χ0v) is 21.7. The summed E-state index contributed by atoms with van der Waals surface area (Å²) < 4.78 is 33.7. The topological polar surface area (TPSA) is 75.7 Å². The first-order chi connectivity index (χ1) is 15.8. The van der Waals surface area contributed by atoms with Crippen molar-refractivity contribution in [1.82, 2.24) is 5.32 Å². The summed E-state index contributed by atoms with van der Waals surface area (Å²) in [5.41, 5.74) is 0.417. The second-order valence-electron chi connectivity index (χ2n) is 7.83. The quantitative estimate of drug-likeness (QED) is 0.361. The Labute approximate surface area is 203 Å². The van der Waals surface area contributed by atoms with Crippen molar-refractivity contribution in [3.05, 3.63) is 48.5 Å². The van der Waals surface area contributed by atoms with Gasteiger partial charge in [0.1, 0.15) is 12.3 Å². The molecule has 0 aliphatic rings. The molecule has 0 saturated heterocycles. The van der Waals surface area contributed by atoms with Crippen LogP contribution in [0.15, 0.2) is 58.3 Å². The van der Waals surface area contributed by atoms with Crippen LogP contribution in [0, 0.1) is 5.92 Å². The number of carbonyl (C=O) groups is 1. The molecule has 0 aliphatic heterocycles. The zero-order chi connectivity index (χ0) is 24.3. The van der Waals surface area contributed by atoms with Crippen molar-refractivity contribution >= 4 is 33.4 Å². The van der Waals surface area contributed by atoms with Crippen molar-refractivity contribution < 1.29 is 17.9 Å². The van der Waals surface area contributed by atoms with Gasteiger partial charge in [-0.05, 0) is 74.0 Å². The number of thioether (sulfide) groups is 1. The van der Waals surface area contributed by atoms with Crippen LogP contribution in [-0.4, -0.2) is 40.3 Å². The van der Waals surface area contributed by atoms with Crippen molar-refractivity contribution in [2.24, 2.45) is 5.92 Å². The van der Waals surface area contributed by atoms with Gasteiger partial charge in [-0.3, -0.25) is 9.10 Å². The molecule has 2 aromatic carbocycles. The summed E-state index contributed by atoms with van der Waals surface area (Å²) in [5.74, 6) is 0.723. The zero-order valence-electron chi connectivity index (χ0n) is 20.0. The lowest BCUT2D eigenvalue weighted by molar-refractivity contribution is -0.119. The number of hydrogen-bond donors (Lipinski definition) is 1. The largest absolute Gasteiger partial charge is 0.494 e. The Kier molecular flexibility index (Phi) is 11.1. The van der Waals surface area contributed by atoms with Crippen LogP contribution in [0.5, 0.6) is 5.75 Å². The van der Waals surface area contributed by atoms with E-state index in [0.29, 0.717) is 30.5 Å². The molecule has 0 bridgehead atoms. The highest BCUT2D eigenvalue weighted by Crippen LogP contribution is 2.27. The number of unbranched alkanes of at least 4 members (excludes halogenated alkanes) is 1. The highest BCUT2D eigenvalue weighted by atomic mass is 32.2. The minimum Gasteiger partial charge on any atom is -0.494 e. The Balaban J connectivity index is 2.27. The predicted molar refractivity (Wildman–Crippen MR) is 137 cm³/mol. The second kappa shape index (κ2) is 13.5. The highest BCUT2D eigenvalue weighted by Gasteiger charge is 2.27. The molecule has 1 N–H and O–H groups in total. The van der Waals surface area contributed by atoms with E-state index in [9.17, 15) is 13.2 Å². The number of amides is 1. The molecular weight excluding hydrogens is 456 g/mol. The van der Waals surface area contributed by atoms with Gasteiger partial charge in [0.15, 0.2) is 0 Å². The third-order valence-corrected chi connectivity index (χ3v) is 8.03. The number of nitrogens with zero attached hydrogens (tertiary/aromatic N) is 1. The van der Waals surface area contributed by atoms with Gasteiger partial charge in [0, 0.05) is 11.4 Å². The molecule has 2 rings (SSSR count). The van der Waals surface area contributed by atoms with Crippen molar-refractivity contribution in [3.63, 3.8) is 0 Å². The monoisotopic (exact) mass is 492 g/mol. The van der Waals surface area contributed by atoms with E-state index in [1.54, 1.807) is 60.3 Å². The molecule has 0 heterocycles. The van der Waals surface area contributed by atoms with Gasteiger partial charge in [-0.1, -0.05) is 33.1 Å². The average molecular weight is 493 g/mol. The van der Waals surface area contributed by atoms with Crippen LogP contribution < -0.4 is 14.4 Å². The number of anilines is 1. The maximum Gasteiger partial charge on any atom is 0.264 e. The minimum absolute atomic E-state index is 0.149. The molecule has 1 atom stereocenters. The lowest BCUT2D eigenvalue weighted by atomic mass is 9.99. The first kappa shape index (κ1) is 27.1. The van der Waals surface area contributed by atoms with E-state index >= 15 is 0 Å². The van der Waals surface area contributed by atoms with Crippen LogP contribution in [0.25, 0.3) is 0 Å². The number of sulfonamides is 1. The summed E-state index contributed by atoms with van der Waals surface area (Å²) in [7, 11) is -3.94. The summed E-state index contributed by atoms with van der Waals surface area (Å²) in [6.45, 7) is 6.93. The lowest BCUT2D eigenvalue weighted by Crippen LogP contribution is -2.42. The van der Waals surface area contributed by atoms with E-state index in [0.717, 1.165) is 30.6 Å². The number of carbonyl (C=O) groups excluding carboxylic acids is 1. The fraction of sp³-hybridized carbons (Fsp3) is 0.480. The van der Waals surface area contributed by atoms with Crippen molar-refractivity contribution in [1.29, 1.82) is 0 Å². The Morgan fingerprint density at radius 2 is 1.73 bits per heavy atom. The van der Waals surface area contributed by atoms with Crippen molar-refractivity contribution in [2.75, 3.05) is 30.3 Å². The van der Waals surface area contributed by atoms with Gasteiger partial charge in [0.2, 0.25) is 5.91 Å². The van der Waals surface area contributed by atoms with E-state index < -0.39 is 10.0 Å². The molecule has 2 aromatic rings. The van der Waals surface area contributed by atoms with E-state index in [4.69, 9.17) is 4.74 Å². The normalized spacial score (nSPS) is 12.2. The Morgan fingerprint density at radius 1 is 1.06 bits per heavy atom. The molecule has 0 fully saturated rings. The second-order valence-corrected chi connectivity index (χ2v) is 10.6. The van der Waals surface area contributed by atoms with Gasteiger partial charge >= 0.3 is 0 Å². The molecule has 0 unspecified atom stereocenters. The van der Waals surface area contributed by atoms with Gasteiger partial charge in [-0.2, -0.15) is 0 Å². The maximum absolute atomic E-state index is 13.5.